The molecule has 0 bridgehead atoms. The Morgan fingerprint density at radius 2 is 1.71 bits per heavy atom. The molecule has 1 saturated carbocycles. The Hall–Kier alpha value is -0.960. The highest BCUT2D eigenvalue weighted by molar-refractivity contribution is 5.18. The molecule has 1 fully saturated rings. The Bertz CT molecular complexity index is 352. The van der Waals surface area contributed by atoms with Gasteiger partial charge in [-0.15, -0.1) is 0 Å². The molecule has 1 nitrogen and oxygen atoms in total. The van der Waals surface area contributed by atoms with Gasteiger partial charge in [-0.05, 0) is 42.5 Å². The molecule has 0 spiro atoms. The van der Waals surface area contributed by atoms with Gasteiger partial charge in [0.05, 0.1) is 0 Å². The van der Waals surface area contributed by atoms with E-state index in [4.69, 9.17) is 5.73 Å². The molecule has 0 heterocycles. The normalized spacial score (nSPS) is 18.5. The number of halogens is 2. The molecule has 1 atom stereocenters. The Morgan fingerprint density at radius 3 is 2.24 bits per heavy atom. The van der Waals surface area contributed by atoms with E-state index in [1.807, 2.05) is 0 Å². The third-order valence-corrected chi connectivity index (χ3v) is 3.79. The molecule has 1 aliphatic carbocycles. The highest BCUT2D eigenvalue weighted by Gasteiger charge is 2.24. The first-order chi connectivity index (χ1) is 8.19. The van der Waals surface area contributed by atoms with E-state index in [1.165, 1.54) is 37.8 Å². The summed E-state index contributed by atoms with van der Waals surface area (Å²) < 4.78 is 26.2. The van der Waals surface area contributed by atoms with Crippen molar-refractivity contribution in [3.8, 4) is 0 Å². The molecule has 0 amide bonds. The van der Waals surface area contributed by atoms with E-state index in [-0.39, 0.29) is 0 Å². The van der Waals surface area contributed by atoms with Crippen molar-refractivity contribution in [3.05, 3.63) is 35.4 Å². The zero-order valence-corrected chi connectivity index (χ0v) is 9.96. The van der Waals surface area contributed by atoms with Crippen molar-refractivity contribution in [2.24, 2.45) is 17.6 Å². The average molecular weight is 239 g/mol. The molecule has 17 heavy (non-hydrogen) atoms. The summed E-state index contributed by atoms with van der Waals surface area (Å²) in [4.78, 5) is 0. The SMILES string of the molecule is NCC(Cc1cc(F)cc(F)c1)C1CCCC1. The van der Waals surface area contributed by atoms with E-state index < -0.39 is 11.6 Å². The van der Waals surface area contributed by atoms with Crippen molar-refractivity contribution >= 4 is 0 Å². The van der Waals surface area contributed by atoms with Crippen LogP contribution >= 0.6 is 0 Å². The highest BCUT2D eigenvalue weighted by Crippen LogP contribution is 2.32. The summed E-state index contributed by atoms with van der Waals surface area (Å²) in [5.41, 5.74) is 6.52. The van der Waals surface area contributed by atoms with Crippen LogP contribution in [0.3, 0.4) is 0 Å². The largest absolute Gasteiger partial charge is 0.330 e. The molecule has 0 aliphatic heterocycles. The fourth-order valence-electron chi connectivity index (χ4n) is 2.90. The molecule has 1 aromatic rings. The summed E-state index contributed by atoms with van der Waals surface area (Å²) in [7, 11) is 0. The molecule has 0 radical (unpaired) electrons. The van der Waals surface area contributed by atoms with Crippen LogP contribution in [-0.2, 0) is 6.42 Å². The van der Waals surface area contributed by atoms with Crippen molar-refractivity contribution in [1.82, 2.24) is 0 Å². The summed E-state index contributed by atoms with van der Waals surface area (Å²) in [5, 5.41) is 0. The van der Waals surface area contributed by atoms with Gasteiger partial charge in [0.2, 0.25) is 0 Å². The van der Waals surface area contributed by atoms with Crippen LogP contribution in [0, 0.1) is 23.5 Å². The molecular formula is C14H19F2N. The number of benzene rings is 1. The van der Waals surface area contributed by atoms with Crippen LogP contribution < -0.4 is 5.73 Å². The van der Waals surface area contributed by atoms with Crippen LogP contribution in [0.1, 0.15) is 31.2 Å². The lowest BCUT2D eigenvalue weighted by atomic mass is 9.86. The van der Waals surface area contributed by atoms with Gasteiger partial charge in [-0.25, -0.2) is 8.78 Å². The number of hydrogen-bond acceptors (Lipinski definition) is 1. The summed E-state index contributed by atoms with van der Waals surface area (Å²) in [5.74, 6) is -0.00517. The van der Waals surface area contributed by atoms with E-state index in [2.05, 4.69) is 0 Å². The molecule has 2 rings (SSSR count). The Morgan fingerprint density at radius 1 is 1.12 bits per heavy atom. The van der Waals surface area contributed by atoms with E-state index in [0.29, 0.717) is 24.8 Å². The van der Waals surface area contributed by atoms with Crippen LogP contribution in [-0.4, -0.2) is 6.54 Å². The quantitative estimate of drug-likeness (QED) is 0.857. The summed E-state index contributed by atoms with van der Waals surface area (Å²) >= 11 is 0. The fourth-order valence-corrected chi connectivity index (χ4v) is 2.90. The summed E-state index contributed by atoms with van der Waals surface area (Å²) in [6.07, 6.45) is 5.63. The van der Waals surface area contributed by atoms with E-state index in [0.717, 1.165) is 11.6 Å². The molecule has 1 unspecified atom stereocenters. The minimum Gasteiger partial charge on any atom is -0.330 e. The molecular weight excluding hydrogens is 220 g/mol. The third kappa shape index (κ3) is 3.25. The molecule has 1 aliphatic rings. The van der Waals surface area contributed by atoms with Crippen LogP contribution in [0.15, 0.2) is 18.2 Å². The lowest BCUT2D eigenvalue weighted by Crippen LogP contribution is -2.24. The van der Waals surface area contributed by atoms with E-state index in [1.54, 1.807) is 0 Å². The van der Waals surface area contributed by atoms with Crippen LogP contribution in [0.2, 0.25) is 0 Å². The van der Waals surface area contributed by atoms with Gasteiger partial charge in [-0.3, -0.25) is 0 Å². The Labute approximate surface area is 101 Å². The third-order valence-electron chi connectivity index (χ3n) is 3.79. The average Bonchev–Trinajstić information content (AvgIpc) is 2.77. The predicted molar refractivity (Wildman–Crippen MR) is 64.6 cm³/mol. The molecule has 3 heteroatoms. The molecule has 2 N–H and O–H groups in total. The zero-order valence-electron chi connectivity index (χ0n) is 9.96. The molecule has 0 aromatic heterocycles. The molecule has 94 valence electrons. The van der Waals surface area contributed by atoms with Crippen molar-refractivity contribution in [1.29, 1.82) is 0 Å². The molecule has 0 saturated heterocycles. The number of rotatable bonds is 4. The van der Waals surface area contributed by atoms with Gasteiger partial charge in [0.25, 0.3) is 0 Å². The smallest absolute Gasteiger partial charge is 0.126 e. The fraction of sp³-hybridized carbons (Fsp3) is 0.571. The first-order valence-electron chi connectivity index (χ1n) is 6.34. The van der Waals surface area contributed by atoms with Gasteiger partial charge in [0, 0.05) is 6.07 Å². The second-order valence-electron chi connectivity index (χ2n) is 5.02. The lowest BCUT2D eigenvalue weighted by molar-refractivity contribution is 0.344. The van der Waals surface area contributed by atoms with Crippen LogP contribution in [0.25, 0.3) is 0 Å². The maximum absolute atomic E-state index is 13.1. The number of nitrogens with two attached hydrogens (primary N) is 1. The summed E-state index contributed by atoms with van der Waals surface area (Å²) in [6.45, 7) is 0.600. The van der Waals surface area contributed by atoms with Gasteiger partial charge in [0.15, 0.2) is 0 Å². The Balaban J connectivity index is 2.06. The second kappa shape index (κ2) is 5.58. The number of hydrogen-bond donors (Lipinski definition) is 1. The van der Waals surface area contributed by atoms with Gasteiger partial charge in [-0.2, -0.15) is 0 Å². The first-order valence-corrected chi connectivity index (χ1v) is 6.34. The monoisotopic (exact) mass is 239 g/mol. The van der Waals surface area contributed by atoms with E-state index in [9.17, 15) is 8.78 Å². The van der Waals surface area contributed by atoms with Crippen molar-refractivity contribution < 1.29 is 8.78 Å². The zero-order chi connectivity index (χ0) is 12.3. The first kappa shape index (κ1) is 12.5. The van der Waals surface area contributed by atoms with Gasteiger partial charge < -0.3 is 5.73 Å². The minimum absolute atomic E-state index is 0.360. The minimum atomic E-state index is -0.498. The maximum Gasteiger partial charge on any atom is 0.126 e. The highest BCUT2D eigenvalue weighted by atomic mass is 19.1. The molecule has 1 aromatic carbocycles. The van der Waals surface area contributed by atoms with Crippen molar-refractivity contribution in [2.75, 3.05) is 6.54 Å². The van der Waals surface area contributed by atoms with Gasteiger partial charge in [0.1, 0.15) is 11.6 Å². The van der Waals surface area contributed by atoms with Crippen LogP contribution in [0.5, 0.6) is 0 Å². The lowest BCUT2D eigenvalue weighted by Gasteiger charge is -2.21. The Kier molecular flexibility index (Phi) is 4.11. The van der Waals surface area contributed by atoms with E-state index >= 15 is 0 Å². The predicted octanol–water partition coefficient (Wildman–Crippen LogP) is 3.27. The van der Waals surface area contributed by atoms with Crippen LogP contribution in [0.4, 0.5) is 8.78 Å². The van der Waals surface area contributed by atoms with Crippen molar-refractivity contribution in [2.45, 2.75) is 32.1 Å². The topological polar surface area (TPSA) is 26.0 Å². The summed E-state index contributed by atoms with van der Waals surface area (Å²) in [6, 6.07) is 3.75. The van der Waals surface area contributed by atoms with Crippen molar-refractivity contribution in [3.63, 3.8) is 0 Å². The van der Waals surface area contributed by atoms with Gasteiger partial charge >= 0.3 is 0 Å². The standard InChI is InChI=1S/C14H19F2N/c15-13-6-10(7-14(16)8-13)5-12(9-17)11-3-1-2-4-11/h6-8,11-12H,1-5,9,17H2. The second-order valence-corrected chi connectivity index (χ2v) is 5.02. The van der Waals surface area contributed by atoms with Gasteiger partial charge in [-0.1, -0.05) is 25.7 Å². The maximum atomic E-state index is 13.1.